The Kier molecular flexibility index (Phi) is 3.49. The normalized spacial score (nSPS) is 11.7. The van der Waals surface area contributed by atoms with E-state index in [9.17, 15) is 18.3 Å². The first-order valence-electron chi connectivity index (χ1n) is 6.99. The van der Waals surface area contributed by atoms with Crippen LogP contribution >= 0.6 is 0 Å². The molecule has 0 saturated carbocycles. The van der Waals surface area contributed by atoms with Crippen LogP contribution in [0.15, 0.2) is 53.4 Å². The molecule has 0 aliphatic rings. The van der Waals surface area contributed by atoms with Crippen molar-refractivity contribution >= 4 is 26.9 Å². The molecule has 0 radical (unpaired) electrons. The Bertz CT molecular complexity index is 1010. The molecule has 3 aromatic rings. The molecule has 0 aliphatic carbocycles. The molecule has 6 heteroatoms. The van der Waals surface area contributed by atoms with E-state index in [1.54, 1.807) is 49.4 Å². The third kappa shape index (κ3) is 2.41. The van der Waals surface area contributed by atoms with Crippen LogP contribution in [0.25, 0.3) is 10.9 Å². The number of hydrogen-bond donors (Lipinski definition) is 1. The minimum atomic E-state index is -3.79. The SMILES string of the molecule is Cc1ccc(S(=O)(=O)n2c(C)cc3c(C(=O)O)cccc32)cc1. The van der Waals surface area contributed by atoms with Crippen LogP contribution in [0.2, 0.25) is 0 Å². The smallest absolute Gasteiger partial charge is 0.336 e. The molecule has 0 bridgehead atoms. The summed E-state index contributed by atoms with van der Waals surface area (Å²) in [6.45, 7) is 3.53. The van der Waals surface area contributed by atoms with Crippen LogP contribution in [0.4, 0.5) is 0 Å². The summed E-state index contributed by atoms with van der Waals surface area (Å²) in [5, 5.41) is 9.69. The summed E-state index contributed by atoms with van der Waals surface area (Å²) in [7, 11) is -3.79. The summed E-state index contributed by atoms with van der Waals surface area (Å²) < 4.78 is 27.1. The predicted molar refractivity (Wildman–Crippen MR) is 87.4 cm³/mol. The third-order valence-electron chi connectivity index (χ3n) is 3.77. The number of aryl methyl sites for hydroxylation is 2. The first-order valence-corrected chi connectivity index (χ1v) is 8.43. The fourth-order valence-corrected chi connectivity index (χ4v) is 4.20. The largest absolute Gasteiger partial charge is 0.478 e. The lowest BCUT2D eigenvalue weighted by molar-refractivity contribution is 0.0699. The molecule has 0 fully saturated rings. The predicted octanol–water partition coefficient (Wildman–Crippen LogP) is 3.19. The third-order valence-corrected chi connectivity index (χ3v) is 5.60. The zero-order valence-corrected chi connectivity index (χ0v) is 13.5. The van der Waals surface area contributed by atoms with Gasteiger partial charge in [0.1, 0.15) is 0 Å². The molecular formula is C17H15NO4S. The Balaban J connectivity index is 2.32. The summed E-state index contributed by atoms with van der Waals surface area (Å²) in [5.41, 5.74) is 1.88. The average Bonchev–Trinajstić information content (AvgIpc) is 2.83. The van der Waals surface area contributed by atoms with Gasteiger partial charge >= 0.3 is 5.97 Å². The number of aromatic carboxylic acids is 1. The molecule has 0 unspecified atom stereocenters. The van der Waals surface area contributed by atoms with E-state index in [2.05, 4.69) is 0 Å². The van der Waals surface area contributed by atoms with E-state index in [4.69, 9.17) is 0 Å². The number of carboxylic acid groups (broad SMARTS) is 1. The average molecular weight is 329 g/mol. The van der Waals surface area contributed by atoms with Gasteiger partial charge in [0.15, 0.2) is 0 Å². The summed E-state index contributed by atoms with van der Waals surface area (Å²) in [4.78, 5) is 11.5. The van der Waals surface area contributed by atoms with Gasteiger partial charge in [0, 0.05) is 11.1 Å². The maximum absolute atomic E-state index is 12.9. The molecule has 2 aromatic carbocycles. The molecule has 1 aromatic heterocycles. The van der Waals surface area contributed by atoms with Crippen molar-refractivity contribution in [1.29, 1.82) is 0 Å². The summed E-state index contributed by atoms with van der Waals surface area (Å²) in [6.07, 6.45) is 0. The first-order chi connectivity index (χ1) is 10.8. The molecule has 23 heavy (non-hydrogen) atoms. The van der Waals surface area contributed by atoms with Gasteiger partial charge in [-0.1, -0.05) is 23.8 Å². The van der Waals surface area contributed by atoms with Crippen molar-refractivity contribution in [2.24, 2.45) is 0 Å². The van der Waals surface area contributed by atoms with Gasteiger partial charge < -0.3 is 5.11 Å². The number of carbonyl (C=O) groups is 1. The van der Waals surface area contributed by atoms with E-state index in [-0.39, 0.29) is 10.5 Å². The van der Waals surface area contributed by atoms with Crippen LogP contribution in [0.1, 0.15) is 21.6 Å². The van der Waals surface area contributed by atoms with Crippen LogP contribution < -0.4 is 0 Å². The highest BCUT2D eigenvalue weighted by Crippen LogP contribution is 2.27. The maximum Gasteiger partial charge on any atom is 0.336 e. The van der Waals surface area contributed by atoms with E-state index in [0.29, 0.717) is 16.6 Å². The van der Waals surface area contributed by atoms with Crippen molar-refractivity contribution in [3.8, 4) is 0 Å². The van der Waals surface area contributed by atoms with Crippen molar-refractivity contribution in [2.75, 3.05) is 0 Å². The molecule has 3 rings (SSSR count). The van der Waals surface area contributed by atoms with Crippen LogP contribution in [-0.2, 0) is 10.0 Å². The van der Waals surface area contributed by atoms with Crippen LogP contribution in [0, 0.1) is 13.8 Å². The van der Waals surface area contributed by atoms with Crippen LogP contribution in [0.3, 0.4) is 0 Å². The Morgan fingerprint density at radius 1 is 1.04 bits per heavy atom. The summed E-state index contributed by atoms with van der Waals surface area (Å²) in [5.74, 6) is -1.08. The van der Waals surface area contributed by atoms with Gasteiger partial charge in [-0.25, -0.2) is 17.2 Å². The van der Waals surface area contributed by atoms with Crippen LogP contribution in [-0.4, -0.2) is 23.5 Å². The Morgan fingerprint density at radius 3 is 2.30 bits per heavy atom. The van der Waals surface area contributed by atoms with E-state index in [0.717, 1.165) is 5.56 Å². The molecule has 0 saturated heterocycles. The zero-order valence-electron chi connectivity index (χ0n) is 12.6. The van der Waals surface area contributed by atoms with Gasteiger partial charge in [-0.2, -0.15) is 0 Å². The van der Waals surface area contributed by atoms with Crippen molar-refractivity contribution in [2.45, 2.75) is 18.7 Å². The van der Waals surface area contributed by atoms with Crippen molar-refractivity contribution in [1.82, 2.24) is 3.97 Å². The first kappa shape index (κ1) is 15.3. The highest BCUT2D eigenvalue weighted by Gasteiger charge is 2.23. The topological polar surface area (TPSA) is 76.4 Å². The highest BCUT2D eigenvalue weighted by atomic mass is 32.2. The number of hydrogen-bond acceptors (Lipinski definition) is 3. The molecule has 0 aliphatic heterocycles. The number of carboxylic acids is 1. The minimum absolute atomic E-state index is 0.0865. The van der Waals surface area contributed by atoms with Crippen molar-refractivity contribution in [3.63, 3.8) is 0 Å². The van der Waals surface area contributed by atoms with E-state index < -0.39 is 16.0 Å². The summed E-state index contributed by atoms with van der Waals surface area (Å²) >= 11 is 0. The maximum atomic E-state index is 12.9. The van der Waals surface area contributed by atoms with Crippen molar-refractivity contribution in [3.05, 3.63) is 65.4 Å². The molecule has 1 heterocycles. The van der Waals surface area contributed by atoms with E-state index in [1.165, 1.54) is 10.0 Å². The van der Waals surface area contributed by atoms with Gasteiger partial charge in [-0.05, 0) is 44.2 Å². The van der Waals surface area contributed by atoms with E-state index in [1.807, 2.05) is 6.92 Å². The Labute approximate surface area is 133 Å². The van der Waals surface area contributed by atoms with Gasteiger partial charge in [0.05, 0.1) is 16.0 Å². The van der Waals surface area contributed by atoms with Gasteiger partial charge in [-0.3, -0.25) is 0 Å². The molecule has 118 valence electrons. The van der Waals surface area contributed by atoms with Gasteiger partial charge in [-0.15, -0.1) is 0 Å². The lowest BCUT2D eigenvalue weighted by atomic mass is 10.1. The number of aromatic nitrogens is 1. The molecule has 1 N–H and O–H groups in total. The van der Waals surface area contributed by atoms with Gasteiger partial charge in [0.25, 0.3) is 10.0 Å². The molecule has 5 nitrogen and oxygen atoms in total. The second kappa shape index (κ2) is 5.24. The molecule has 0 spiro atoms. The summed E-state index contributed by atoms with van der Waals surface area (Å²) in [6, 6.07) is 12.8. The Morgan fingerprint density at radius 2 is 1.70 bits per heavy atom. The lowest BCUT2D eigenvalue weighted by Gasteiger charge is -2.10. The van der Waals surface area contributed by atoms with Crippen LogP contribution in [0.5, 0.6) is 0 Å². The van der Waals surface area contributed by atoms with E-state index >= 15 is 0 Å². The fraction of sp³-hybridized carbons (Fsp3) is 0.118. The number of rotatable bonds is 3. The quantitative estimate of drug-likeness (QED) is 0.800. The standard InChI is InChI=1S/C17H15NO4S/c1-11-6-8-13(9-7-11)23(21,22)18-12(2)10-15-14(17(19)20)4-3-5-16(15)18/h3-10H,1-2H3,(H,19,20). The lowest BCUT2D eigenvalue weighted by Crippen LogP contribution is -2.14. The molecule has 0 amide bonds. The van der Waals surface area contributed by atoms with Gasteiger partial charge in [0.2, 0.25) is 0 Å². The number of nitrogens with zero attached hydrogens (tertiary/aromatic N) is 1. The van der Waals surface area contributed by atoms with Crippen molar-refractivity contribution < 1.29 is 18.3 Å². The minimum Gasteiger partial charge on any atom is -0.478 e. The molecule has 0 atom stereocenters. The number of fused-ring (bicyclic) bond motifs is 1. The monoisotopic (exact) mass is 329 g/mol. The fourth-order valence-electron chi connectivity index (χ4n) is 2.66. The molecular weight excluding hydrogens is 314 g/mol. The Hall–Kier alpha value is -2.60. The highest BCUT2D eigenvalue weighted by molar-refractivity contribution is 7.90. The second-order valence-corrected chi connectivity index (χ2v) is 7.20. The second-order valence-electron chi connectivity index (χ2n) is 5.41. The zero-order chi connectivity index (χ0) is 16.8. The number of benzene rings is 2.